The maximum absolute atomic E-state index is 13.7. The minimum Gasteiger partial charge on any atom is -0.294 e. The van der Waals surface area contributed by atoms with Crippen molar-refractivity contribution in [2.75, 3.05) is 0 Å². The van der Waals surface area contributed by atoms with E-state index in [4.69, 9.17) is 11.6 Å². The fourth-order valence-corrected chi connectivity index (χ4v) is 4.67. The molecule has 2 heteroatoms. The first-order valence-electron chi connectivity index (χ1n) is 10.3. The quantitative estimate of drug-likeness (QED) is 0.517. The lowest BCUT2D eigenvalue weighted by atomic mass is 9.59. The zero-order valence-corrected chi connectivity index (χ0v) is 18.7. The molecule has 2 aromatic carbocycles. The Morgan fingerprint density at radius 1 is 0.964 bits per heavy atom. The second-order valence-corrected chi connectivity index (χ2v) is 9.47. The molecule has 0 fully saturated rings. The van der Waals surface area contributed by atoms with E-state index < -0.39 is 0 Å². The van der Waals surface area contributed by atoms with Crippen molar-refractivity contribution in [2.45, 2.75) is 60.8 Å². The molecule has 0 bridgehead atoms. The molecule has 0 aliphatic heterocycles. The van der Waals surface area contributed by atoms with E-state index in [-0.39, 0.29) is 10.8 Å². The zero-order valence-electron chi connectivity index (χ0n) is 17.9. The second-order valence-electron chi connectivity index (χ2n) is 9.04. The SMILES string of the molecule is CCc1ccc(-c2ccc(Cl)cc2)cc1C1=C(C)C(C)(C)CC(C)(CC)C1=O. The number of carbonyl (C=O) groups excluding carboxylic acids is 1. The Balaban J connectivity index is 2.24. The summed E-state index contributed by atoms with van der Waals surface area (Å²) in [7, 11) is 0. The Morgan fingerprint density at radius 3 is 2.14 bits per heavy atom. The van der Waals surface area contributed by atoms with Gasteiger partial charge in [-0.05, 0) is 72.1 Å². The molecule has 0 saturated carbocycles. The first kappa shape index (κ1) is 20.9. The highest BCUT2D eigenvalue weighted by Crippen LogP contribution is 2.51. The highest BCUT2D eigenvalue weighted by molar-refractivity contribution is 6.30. The molecule has 0 saturated heterocycles. The molecule has 0 radical (unpaired) electrons. The summed E-state index contributed by atoms with van der Waals surface area (Å²) in [6.45, 7) is 13.1. The smallest absolute Gasteiger partial charge is 0.169 e. The second kappa shape index (κ2) is 7.52. The molecule has 0 aromatic heterocycles. The summed E-state index contributed by atoms with van der Waals surface area (Å²) in [5.41, 5.74) is 6.43. The molecule has 1 aliphatic carbocycles. The van der Waals surface area contributed by atoms with E-state index >= 15 is 0 Å². The molecule has 148 valence electrons. The molecule has 1 atom stereocenters. The van der Waals surface area contributed by atoms with Crippen LogP contribution in [0.3, 0.4) is 0 Å². The number of ketones is 1. The van der Waals surface area contributed by atoms with E-state index in [2.05, 4.69) is 59.7 Å². The Kier molecular flexibility index (Phi) is 5.60. The maximum atomic E-state index is 13.7. The van der Waals surface area contributed by atoms with E-state index in [1.54, 1.807) is 0 Å². The lowest BCUT2D eigenvalue weighted by molar-refractivity contribution is -0.124. The van der Waals surface area contributed by atoms with Gasteiger partial charge in [0.15, 0.2) is 5.78 Å². The first-order valence-corrected chi connectivity index (χ1v) is 10.7. The van der Waals surface area contributed by atoms with Crippen LogP contribution in [0.4, 0.5) is 0 Å². The summed E-state index contributed by atoms with van der Waals surface area (Å²) in [4.78, 5) is 13.7. The van der Waals surface area contributed by atoms with Gasteiger partial charge in [0.25, 0.3) is 0 Å². The summed E-state index contributed by atoms with van der Waals surface area (Å²) in [5.74, 6) is 0.301. The van der Waals surface area contributed by atoms with E-state index in [0.29, 0.717) is 5.78 Å². The maximum Gasteiger partial charge on any atom is 0.169 e. The number of halogens is 1. The number of rotatable bonds is 4. The number of hydrogen-bond acceptors (Lipinski definition) is 1. The van der Waals surface area contributed by atoms with Gasteiger partial charge in [0.05, 0.1) is 0 Å². The van der Waals surface area contributed by atoms with Crippen molar-refractivity contribution in [3.8, 4) is 11.1 Å². The number of benzene rings is 2. The summed E-state index contributed by atoms with van der Waals surface area (Å²) in [6, 6.07) is 14.4. The van der Waals surface area contributed by atoms with Crippen LogP contribution in [0.5, 0.6) is 0 Å². The molecule has 0 N–H and O–H groups in total. The molecular weight excluding hydrogens is 364 g/mol. The third kappa shape index (κ3) is 3.57. The Labute approximate surface area is 174 Å². The van der Waals surface area contributed by atoms with Crippen molar-refractivity contribution >= 4 is 23.0 Å². The largest absolute Gasteiger partial charge is 0.294 e. The highest BCUT2D eigenvalue weighted by atomic mass is 35.5. The molecule has 3 rings (SSSR count). The van der Waals surface area contributed by atoms with Crippen LogP contribution in [0, 0.1) is 10.8 Å². The van der Waals surface area contributed by atoms with Crippen LogP contribution in [0.2, 0.25) is 5.02 Å². The summed E-state index contributed by atoms with van der Waals surface area (Å²) < 4.78 is 0. The predicted octanol–water partition coefficient (Wildman–Crippen LogP) is 7.76. The summed E-state index contributed by atoms with van der Waals surface area (Å²) in [5, 5.41) is 0.732. The van der Waals surface area contributed by atoms with Gasteiger partial charge in [0.2, 0.25) is 0 Å². The molecular formula is C26H31ClO. The van der Waals surface area contributed by atoms with Crippen molar-refractivity contribution in [1.82, 2.24) is 0 Å². The molecule has 1 unspecified atom stereocenters. The minimum absolute atomic E-state index is 0.00922. The fraction of sp³-hybridized carbons (Fsp3) is 0.423. The molecule has 28 heavy (non-hydrogen) atoms. The summed E-state index contributed by atoms with van der Waals surface area (Å²) in [6.07, 6.45) is 2.68. The van der Waals surface area contributed by atoms with Gasteiger partial charge in [0.1, 0.15) is 0 Å². The van der Waals surface area contributed by atoms with Crippen molar-refractivity contribution in [2.24, 2.45) is 10.8 Å². The van der Waals surface area contributed by atoms with Crippen LogP contribution in [0.15, 0.2) is 48.0 Å². The molecule has 1 aliphatic rings. The minimum atomic E-state index is -0.306. The van der Waals surface area contributed by atoms with E-state index in [1.807, 2.05) is 24.3 Å². The van der Waals surface area contributed by atoms with Crippen molar-refractivity contribution in [3.63, 3.8) is 0 Å². The van der Waals surface area contributed by atoms with Gasteiger partial charge < -0.3 is 0 Å². The Morgan fingerprint density at radius 2 is 1.57 bits per heavy atom. The molecule has 0 amide bonds. The topological polar surface area (TPSA) is 17.1 Å². The van der Waals surface area contributed by atoms with Crippen LogP contribution < -0.4 is 0 Å². The molecule has 1 nitrogen and oxygen atoms in total. The zero-order chi connectivity index (χ0) is 20.7. The average molecular weight is 395 g/mol. The van der Waals surface area contributed by atoms with E-state index in [0.717, 1.165) is 46.5 Å². The van der Waals surface area contributed by atoms with Gasteiger partial charge in [-0.25, -0.2) is 0 Å². The summed E-state index contributed by atoms with van der Waals surface area (Å²) >= 11 is 6.06. The van der Waals surface area contributed by atoms with E-state index in [1.165, 1.54) is 11.1 Å². The van der Waals surface area contributed by atoms with E-state index in [9.17, 15) is 4.79 Å². The number of carbonyl (C=O) groups is 1. The fourth-order valence-electron chi connectivity index (χ4n) is 4.55. The van der Waals surface area contributed by atoms with Crippen LogP contribution in [0.25, 0.3) is 16.7 Å². The van der Waals surface area contributed by atoms with Crippen LogP contribution in [-0.2, 0) is 11.2 Å². The first-order chi connectivity index (χ1) is 13.1. The number of aryl methyl sites for hydroxylation is 1. The van der Waals surface area contributed by atoms with Gasteiger partial charge in [-0.2, -0.15) is 0 Å². The highest BCUT2D eigenvalue weighted by Gasteiger charge is 2.45. The molecule has 0 heterocycles. The van der Waals surface area contributed by atoms with Crippen LogP contribution >= 0.6 is 11.6 Å². The number of Topliss-reactive ketones (excluding diaryl/α,β-unsaturated/α-hetero) is 1. The van der Waals surface area contributed by atoms with Crippen molar-refractivity contribution in [3.05, 3.63) is 64.2 Å². The third-order valence-corrected chi connectivity index (χ3v) is 6.97. The monoisotopic (exact) mass is 394 g/mol. The average Bonchev–Trinajstić information content (AvgIpc) is 2.67. The van der Waals surface area contributed by atoms with Gasteiger partial charge in [-0.15, -0.1) is 0 Å². The molecule has 0 spiro atoms. The van der Waals surface area contributed by atoms with Crippen molar-refractivity contribution in [1.29, 1.82) is 0 Å². The third-order valence-electron chi connectivity index (χ3n) is 6.72. The normalized spacial score (nSPS) is 21.9. The van der Waals surface area contributed by atoms with Gasteiger partial charge >= 0.3 is 0 Å². The predicted molar refractivity (Wildman–Crippen MR) is 121 cm³/mol. The van der Waals surface area contributed by atoms with Gasteiger partial charge in [0, 0.05) is 16.0 Å². The molecule has 2 aromatic rings. The van der Waals surface area contributed by atoms with Gasteiger partial charge in [-0.1, -0.05) is 76.1 Å². The Bertz CT molecular complexity index is 933. The Hall–Kier alpha value is -1.86. The lowest BCUT2D eigenvalue weighted by Gasteiger charge is -2.43. The van der Waals surface area contributed by atoms with Crippen LogP contribution in [0.1, 0.15) is 65.5 Å². The van der Waals surface area contributed by atoms with Crippen LogP contribution in [-0.4, -0.2) is 5.78 Å². The number of hydrogen-bond donors (Lipinski definition) is 0. The van der Waals surface area contributed by atoms with Gasteiger partial charge in [-0.3, -0.25) is 4.79 Å². The van der Waals surface area contributed by atoms with Crippen molar-refractivity contribution < 1.29 is 4.79 Å². The standard InChI is InChI=1S/C26H31ClO/c1-7-18-9-10-20(19-11-13-21(27)14-12-19)15-22(18)23-17(3)25(4,5)16-26(6,8-2)24(23)28/h9-15H,7-8,16H2,1-6H3. The number of allylic oxidation sites excluding steroid dienone is 2. The lowest BCUT2D eigenvalue weighted by Crippen LogP contribution is -2.39.